The summed E-state index contributed by atoms with van der Waals surface area (Å²) in [4.78, 5) is 29.1. The standard InChI is InChI=1S/C22H30ClN5O3S/c23-14-1-3-15(4-2-14)25-22(32)26-16-11-19-21(31)24-12-17(28(19)13-16)5-6-20(30)27-9-7-18(29)8-10-27/h1-4,16-19,29H,5-13H2,(H,24,31)(H2,25,26,32)/t16-,17-,19+/m1/s1. The molecule has 4 rings (SSSR count). The number of nitrogens with one attached hydrogen (secondary N) is 3. The Balaban J connectivity index is 1.28. The van der Waals surface area contributed by atoms with Gasteiger partial charge in [0.25, 0.3) is 0 Å². The number of carbonyl (C=O) groups excluding carboxylic acids is 2. The topological polar surface area (TPSA) is 96.9 Å². The van der Waals surface area contributed by atoms with E-state index >= 15 is 0 Å². The minimum Gasteiger partial charge on any atom is -0.393 e. The van der Waals surface area contributed by atoms with Gasteiger partial charge in [0.05, 0.1) is 12.1 Å². The molecule has 8 nitrogen and oxygen atoms in total. The number of likely N-dealkylation sites (tertiary alicyclic amines) is 1. The van der Waals surface area contributed by atoms with Gasteiger partial charge >= 0.3 is 0 Å². The third-order valence-corrected chi connectivity index (χ3v) is 7.04. The van der Waals surface area contributed by atoms with Gasteiger partial charge < -0.3 is 26.0 Å². The van der Waals surface area contributed by atoms with E-state index in [1.165, 1.54) is 0 Å². The number of aliphatic hydroxyl groups is 1. The summed E-state index contributed by atoms with van der Waals surface area (Å²) in [6.07, 6.45) is 2.84. The summed E-state index contributed by atoms with van der Waals surface area (Å²) in [6.45, 7) is 2.51. The molecule has 1 aromatic carbocycles. The number of piperazine rings is 1. The summed E-state index contributed by atoms with van der Waals surface area (Å²) in [5.41, 5.74) is 0.849. The summed E-state index contributed by atoms with van der Waals surface area (Å²) in [6, 6.07) is 7.29. The second-order valence-corrected chi connectivity index (χ2v) is 9.64. The van der Waals surface area contributed by atoms with Crippen LogP contribution in [0.1, 0.15) is 32.1 Å². The summed E-state index contributed by atoms with van der Waals surface area (Å²) in [7, 11) is 0. The molecule has 3 saturated heterocycles. The van der Waals surface area contributed by atoms with E-state index < -0.39 is 0 Å². The maximum atomic E-state index is 12.6. The molecule has 3 aliphatic rings. The van der Waals surface area contributed by atoms with Gasteiger partial charge in [-0.25, -0.2) is 0 Å². The van der Waals surface area contributed by atoms with Crippen molar-refractivity contribution in [1.82, 2.24) is 20.4 Å². The molecule has 3 fully saturated rings. The third-order valence-electron chi connectivity index (χ3n) is 6.57. The summed E-state index contributed by atoms with van der Waals surface area (Å²) < 4.78 is 0. The molecule has 0 aliphatic carbocycles. The van der Waals surface area contributed by atoms with Gasteiger partial charge in [0.2, 0.25) is 11.8 Å². The molecule has 0 saturated carbocycles. The largest absolute Gasteiger partial charge is 0.393 e. The molecule has 174 valence electrons. The fourth-order valence-corrected chi connectivity index (χ4v) is 5.21. The second-order valence-electron chi connectivity index (χ2n) is 8.80. The zero-order chi connectivity index (χ0) is 22.7. The lowest BCUT2D eigenvalue weighted by molar-refractivity contribution is -0.134. The lowest BCUT2D eigenvalue weighted by Gasteiger charge is -2.37. The summed E-state index contributed by atoms with van der Waals surface area (Å²) >= 11 is 11.4. The molecule has 0 spiro atoms. The molecule has 3 atom stereocenters. The Labute approximate surface area is 198 Å². The number of hydrogen-bond acceptors (Lipinski definition) is 5. The zero-order valence-electron chi connectivity index (χ0n) is 17.9. The fourth-order valence-electron chi connectivity index (χ4n) is 4.80. The van der Waals surface area contributed by atoms with Crippen LogP contribution in [0.3, 0.4) is 0 Å². The molecular formula is C22H30ClN5O3S. The third kappa shape index (κ3) is 5.70. The van der Waals surface area contributed by atoms with Crippen molar-refractivity contribution >= 4 is 46.4 Å². The van der Waals surface area contributed by atoms with Crippen LogP contribution in [0.5, 0.6) is 0 Å². The van der Waals surface area contributed by atoms with Crippen LogP contribution in [-0.2, 0) is 9.59 Å². The van der Waals surface area contributed by atoms with Crippen LogP contribution >= 0.6 is 23.8 Å². The van der Waals surface area contributed by atoms with Gasteiger partial charge in [-0.3, -0.25) is 14.5 Å². The molecule has 10 heteroatoms. The van der Waals surface area contributed by atoms with Gasteiger partial charge in [0, 0.05) is 55.4 Å². The number of hydrogen-bond donors (Lipinski definition) is 4. The Kier molecular flexibility index (Phi) is 7.50. The Morgan fingerprint density at radius 1 is 1.25 bits per heavy atom. The molecule has 32 heavy (non-hydrogen) atoms. The van der Waals surface area contributed by atoms with Gasteiger partial charge in [-0.15, -0.1) is 0 Å². The lowest BCUT2D eigenvalue weighted by atomic mass is 10.0. The summed E-state index contributed by atoms with van der Waals surface area (Å²) in [5.74, 6) is 0.172. The highest BCUT2D eigenvalue weighted by Crippen LogP contribution is 2.26. The first-order valence-corrected chi connectivity index (χ1v) is 12.0. The number of nitrogens with zero attached hydrogens (tertiary/aromatic N) is 2. The van der Waals surface area contributed by atoms with E-state index in [4.69, 9.17) is 23.8 Å². The van der Waals surface area contributed by atoms with Crippen LogP contribution in [0, 0.1) is 0 Å². The van der Waals surface area contributed by atoms with Crippen LogP contribution in [-0.4, -0.2) is 82.2 Å². The maximum Gasteiger partial charge on any atom is 0.237 e. The number of benzene rings is 1. The van der Waals surface area contributed by atoms with E-state index in [0.717, 1.165) is 5.69 Å². The molecule has 4 N–H and O–H groups in total. The SMILES string of the molecule is O=C1NC[C@@H](CCC(=O)N2CCC(O)CC2)N2C[C@H](NC(=S)Nc3ccc(Cl)cc3)C[C@@H]12. The highest BCUT2D eigenvalue weighted by molar-refractivity contribution is 7.80. The van der Waals surface area contributed by atoms with Crippen molar-refractivity contribution in [2.75, 3.05) is 31.5 Å². The van der Waals surface area contributed by atoms with Crippen molar-refractivity contribution in [1.29, 1.82) is 0 Å². The molecule has 2 amide bonds. The van der Waals surface area contributed by atoms with Gasteiger partial charge in [0.1, 0.15) is 0 Å². The monoisotopic (exact) mass is 479 g/mol. The highest BCUT2D eigenvalue weighted by atomic mass is 35.5. The van der Waals surface area contributed by atoms with E-state index in [0.29, 0.717) is 68.4 Å². The number of fused-ring (bicyclic) bond motifs is 1. The molecule has 0 radical (unpaired) electrons. The molecule has 3 aliphatic heterocycles. The Morgan fingerprint density at radius 3 is 2.69 bits per heavy atom. The predicted octanol–water partition coefficient (Wildman–Crippen LogP) is 1.33. The molecular weight excluding hydrogens is 450 g/mol. The number of aliphatic hydroxyl groups excluding tert-OH is 1. The normalized spacial score (nSPS) is 26.4. The first-order valence-electron chi connectivity index (χ1n) is 11.2. The number of carbonyl (C=O) groups is 2. The van der Waals surface area contributed by atoms with Crippen molar-refractivity contribution in [2.45, 2.75) is 56.3 Å². The Hall–Kier alpha value is -1.94. The van der Waals surface area contributed by atoms with Gasteiger partial charge in [-0.2, -0.15) is 0 Å². The minimum atomic E-state index is -0.289. The number of amides is 2. The quantitative estimate of drug-likeness (QED) is 0.473. The zero-order valence-corrected chi connectivity index (χ0v) is 19.5. The van der Waals surface area contributed by atoms with Gasteiger partial charge in [0.15, 0.2) is 5.11 Å². The van der Waals surface area contributed by atoms with E-state index in [1.54, 1.807) is 12.1 Å². The van der Waals surface area contributed by atoms with Crippen LogP contribution < -0.4 is 16.0 Å². The number of rotatable bonds is 5. The Bertz CT molecular complexity index is 846. The first-order chi connectivity index (χ1) is 15.4. The molecule has 1 aromatic rings. The average Bonchev–Trinajstić information content (AvgIpc) is 3.19. The van der Waals surface area contributed by atoms with Crippen LogP contribution in [0.25, 0.3) is 0 Å². The highest BCUT2D eigenvalue weighted by Gasteiger charge is 2.43. The fraction of sp³-hybridized carbons (Fsp3) is 0.591. The molecule has 0 aromatic heterocycles. The lowest BCUT2D eigenvalue weighted by Crippen LogP contribution is -2.58. The minimum absolute atomic E-state index is 0.0403. The average molecular weight is 480 g/mol. The van der Waals surface area contributed by atoms with Crippen molar-refractivity contribution in [3.8, 4) is 0 Å². The van der Waals surface area contributed by atoms with Crippen LogP contribution in [0.4, 0.5) is 5.69 Å². The van der Waals surface area contributed by atoms with E-state index in [2.05, 4.69) is 20.9 Å². The smallest absolute Gasteiger partial charge is 0.237 e. The van der Waals surface area contributed by atoms with Crippen LogP contribution in [0.15, 0.2) is 24.3 Å². The number of piperidine rings is 1. The van der Waals surface area contributed by atoms with Crippen molar-refractivity contribution in [3.05, 3.63) is 29.3 Å². The maximum absolute atomic E-state index is 12.6. The molecule has 0 unspecified atom stereocenters. The molecule has 0 bridgehead atoms. The Morgan fingerprint density at radius 2 is 1.97 bits per heavy atom. The second kappa shape index (κ2) is 10.3. The van der Waals surface area contributed by atoms with E-state index in [-0.39, 0.29) is 36.0 Å². The van der Waals surface area contributed by atoms with E-state index in [9.17, 15) is 14.7 Å². The number of thiocarbonyl (C=S) groups is 1. The predicted molar refractivity (Wildman–Crippen MR) is 128 cm³/mol. The van der Waals surface area contributed by atoms with Crippen molar-refractivity contribution in [3.63, 3.8) is 0 Å². The van der Waals surface area contributed by atoms with Crippen molar-refractivity contribution in [2.24, 2.45) is 0 Å². The van der Waals surface area contributed by atoms with Gasteiger partial charge in [-0.1, -0.05) is 11.6 Å². The molecule has 3 heterocycles. The van der Waals surface area contributed by atoms with E-state index in [1.807, 2.05) is 17.0 Å². The van der Waals surface area contributed by atoms with Gasteiger partial charge in [-0.05, 0) is 62.2 Å². The summed E-state index contributed by atoms with van der Waals surface area (Å²) in [5, 5.41) is 20.3. The number of anilines is 1. The van der Waals surface area contributed by atoms with Crippen LogP contribution in [0.2, 0.25) is 5.02 Å². The van der Waals surface area contributed by atoms with Crippen molar-refractivity contribution < 1.29 is 14.7 Å². The first kappa shape index (κ1) is 23.2. The number of halogens is 1.